The number of nitrogens with zero attached hydrogens (tertiary/aromatic N) is 1. The van der Waals surface area contributed by atoms with Crippen LogP contribution in [0.4, 0.5) is 5.69 Å². The average molecular weight is 550 g/mol. The summed E-state index contributed by atoms with van der Waals surface area (Å²) in [6, 6.07) is 21.6. The van der Waals surface area contributed by atoms with Crippen LogP contribution in [0.2, 0.25) is 0 Å². The minimum Gasteiger partial charge on any atom is -0.496 e. The summed E-state index contributed by atoms with van der Waals surface area (Å²) in [7, 11) is -2.09. The van der Waals surface area contributed by atoms with E-state index < -0.39 is 10.0 Å². The van der Waals surface area contributed by atoms with E-state index in [9.17, 15) is 18.0 Å². The molecule has 0 aliphatic carbocycles. The maximum Gasteiger partial charge on any atom is 0.253 e. The lowest BCUT2D eigenvalue weighted by Gasteiger charge is -2.26. The zero-order chi connectivity index (χ0) is 27.7. The number of aryl methyl sites for hydroxylation is 1. The van der Waals surface area contributed by atoms with Crippen molar-refractivity contribution in [2.45, 2.75) is 43.4 Å². The summed E-state index contributed by atoms with van der Waals surface area (Å²) >= 11 is 0. The monoisotopic (exact) mass is 549 g/mol. The van der Waals surface area contributed by atoms with Crippen LogP contribution < -0.4 is 15.4 Å². The smallest absolute Gasteiger partial charge is 0.253 e. The van der Waals surface area contributed by atoms with E-state index in [0.717, 1.165) is 24.8 Å². The van der Waals surface area contributed by atoms with Crippen LogP contribution in [0.15, 0.2) is 77.7 Å². The molecule has 4 rings (SSSR count). The number of hydrogen-bond acceptors (Lipinski definition) is 5. The van der Waals surface area contributed by atoms with Gasteiger partial charge in [-0.25, -0.2) is 8.42 Å². The molecule has 3 aromatic rings. The molecule has 0 unspecified atom stereocenters. The van der Waals surface area contributed by atoms with Gasteiger partial charge in [-0.15, -0.1) is 0 Å². The van der Waals surface area contributed by atoms with Gasteiger partial charge in [0.15, 0.2) is 0 Å². The zero-order valence-corrected chi connectivity index (χ0v) is 23.0. The number of para-hydroxylation sites is 1. The first-order valence-corrected chi connectivity index (χ1v) is 14.7. The molecule has 9 heteroatoms. The largest absolute Gasteiger partial charge is 0.496 e. The Bertz CT molecular complexity index is 1390. The van der Waals surface area contributed by atoms with Gasteiger partial charge < -0.3 is 15.4 Å². The van der Waals surface area contributed by atoms with E-state index in [4.69, 9.17) is 4.74 Å². The normalized spacial score (nSPS) is 14.0. The van der Waals surface area contributed by atoms with Gasteiger partial charge in [0.25, 0.3) is 5.91 Å². The average Bonchev–Trinajstić information content (AvgIpc) is 2.97. The fourth-order valence-electron chi connectivity index (χ4n) is 4.68. The first-order chi connectivity index (χ1) is 18.9. The minimum atomic E-state index is -3.60. The Labute approximate surface area is 230 Å². The van der Waals surface area contributed by atoms with Crippen LogP contribution in [0.1, 0.15) is 47.2 Å². The summed E-state index contributed by atoms with van der Waals surface area (Å²) < 4.78 is 33.2. The van der Waals surface area contributed by atoms with E-state index in [2.05, 4.69) is 10.6 Å². The van der Waals surface area contributed by atoms with Crippen molar-refractivity contribution in [2.75, 3.05) is 32.1 Å². The highest BCUT2D eigenvalue weighted by Crippen LogP contribution is 2.27. The number of nitrogens with one attached hydrogen (secondary N) is 2. The van der Waals surface area contributed by atoms with Crippen LogP contribution in [-0.4, -0.2) is 51.3 Å². The van der Waals surface area contributed by atoms with E-state index in [1.807, 2.05) is 30.3 Å². The summed E-state index contributed by atoms with van der Waals surface area (Å²) in [5, 5.41) is 5.75. The number of methoxy groups -OCH3 is 1. The van der Waals surface area contributed by atoms with Gasteiger partial charge in [-0.05, 0) is 67.1 Å². The summed E-state index contributed by atoms with van der Waals surface area (Å²) in [5.41, 5.74) is 2.57. The molecule has 2 amide bonds. The van der Waals surface area contributed by atoms with Gasteiger partial charge >= 0.3 is 0 Å². The van der Waals surface area contributed by atoms with Gasteiger partial charge in [-0.1, -0.05) is 48.9 Å². The lowest BCUT2D eigenvalue weighted by atomic mass is 10.1. The molecule has 0 aromatic heterocycles. The Hall–Kier alpha value is -3.69. The Morgan fingerprint density at radius 3 is 2.36 bits per heavy atom. The van der Waals surface area contributed by atoms with E-state index in [-0.39, 0.29) is 29.6 Å². The van der Waals surface area contributed by atoms with Gasteiger partial charge in [0.2, 0.25) is 15.9 Å². The molecule has 8 nitrogen and oxygen atoms in total. The van der Waals surface area contributed by atoms with Crippen LogP contribution in [0.25, 0.3) is 0 Å². The Balaban J connectivity index is 1.38. The number of carbonyl (C=O) groups excluding carboxylic acids is 2. The predicted molar refractivity (Wildman–Crippen MR) is 151 cm³/mol. The Morgan fingerprint density at radius 2 is 1.62 bits per heavy atom. The van der Waals surface area contributed by atoms with Crippen LogP contribution in [0.5, 0.6) is 5.75 Å². The molecule has 0 saturated carbocycles. The number of benzene rings is 3. The highest BCUT2D eigenvalue weighted by molar-refractivity contribution is 7.89. The molecular weight excluding hydrogens is 514 g/mol. The molecule has 206 valence electrons. The maximum absolute atomic E-state index is 13.1. The second kappa shape index (κ2) is 13.4. The standard InChI is InChI=1S/C30H35N3O5S/c1-38-28-16-15-25(39(36,37)33-20-8-3-9-21-33)22-24(28)14-17-29(34)32-27-13-7-6-12-26(27)30(35)31-19-18-23-10-4-2-5-11-23/h2,4-7,10-13,15-16,22H,3,8-9,14,17-21H2,1H3,(H,31,35)(H,32,34). The van der Waals surface area contributed by atoms with Gasteiger partial charge in [0.1, 0.15) is 5.75 Å². The number of ether oxygens (including phenoxy) is 1. The van der Waals surface area contributed by atoms with Crippen molar-refractivity contribution in [1.29, 1.82) is 0 Å². The first-order valence-electron chi connectivity index (χ1n) is 13.3. The summed E-state index contributed by atoms with van der Waals surface area (Å²) in [4.78, 5) is 25.9. The number of anilines is 1. The molecule has 1 aliphatic rings. The molecule has 0 radical (unpaired) electrons. The third-order valence-electron chi connectivity index (χ3n) is 6.81. The third-order valence-corrected chi connectivity index (χ3v) is 8.71. The van der Waals surface area contributed by atoms with Crippen molar-refractivity contribution in [3.63, 3.8) is 0 Å². The van der Waals surface area contributed by atoms with Crippen molar-refractivity contribution in [3.05, 3.63) is 89.5 Å². The van der Waals surface area contributed by atoms with E-state index in [0.29, 0.717) is 48.6 Å². The molecule has 1 fully saturated rings. The summed E-state index contributed by atoms with van der Waals surface area (Å²) in [5.74, 6) is -0.0245. The third kappa shape index (κ3) is 7.46. The second-order valence-electron chi connectivity index (χ2n) is 9.52. The topological polar surface area (TPSA) is 105 Å². The molecular formula is C30H35N3O5S. The first kappa shape index (κ1) is 28.3. The maximum atomic E-state index is 13.1. The predicted octanol–water partition coefficient (Wildman–Crippen LogP) is 4.41. The van der Waals surface area contributed by atoms with Gasteiger partial charge in [0, 0.05) is 26.1 Å². The number of piperidine rings is 1. The van der Waals surface area contributed by atoms with Gasteiger partial charge in [-0.2, -0.15) is 4.31 Å². The van der Waals surface area contributed by atoms with Crippen LogP contribution in [-0.2, 0) is 27.7 Å². The molecule has 39 heavy (non-hydrogen) atoms. The van der Waals surface area contributed by atoms with Crippen molar-refractivity contribution in [3.8, 4) is 5.75 Å². The highest BCUT2D eigenvalue weighted by atomic mass is 32.2. The minimum absolute atomic E-state index is 0.0908. The van der Waals surface area contributed by atoms with Crippen molar-refractivity contribution in [1.82, 2.24) is 9.62 Å². The molecule has 0 atom stereocenters. The lowest BCUT2D eigenvalue weighted by Crippen LogP contribution is -2.35. The van der Waals surface area contributed by atoms with E-state index >= 15 is 0 Å². The van der Waals surface area contributed by atoms with Crippen LogP contribution in [0, 0.1) is 0 Å². The molecule has 1 saturated heterocycles. The second-order valence-corrected chi connectivity index (χ2v) is 11.5. The van der Waals surface area contributed by atoms with E-state index in [1.165, 1.54) is 11.4 Å². The number of sulfonamides is 1. The zero-order valence-electron chi connectivity index (χ0n) is 22.2. The Morgan fingerprint density at radius 1 is 0.897 bits per heavy atom. The molecule has 2 N–H and O–H groups in total. The number of rotatable bonds is 11. The summed E-state index contributed by atoms with van der Waals surface area (Å²) in [6.07, 6.45) is 3.82. The van der Waals surface area contributed by atoms with Crippen molar-refractivity contribution >= 4 is 27.5 Å². The van der Waals surface area contributed by atoms with Crippen molar-refractivity contribution in [2.24, 2.45) is 0 Å². The fraction of sp³-hybridized carbons (Fsp3) is 0.333. The van der Waals surface area contributed by atoms with Gasteiger partial charge in [0.05, 0.1) is 23.3 Å². The fourth-order valence-corrected chi connectivity index (χ4v) is 6.24. The molecule has 1 heterocycles. The summed E-state index contributed by atoms with van der Waals surface area (Å²) in [6.45, 7) is 1.51. The molecule has 3 aromatic carbocycles. The van der Waals surface area contributed by atoms with Gasteiger partial charge in [-0.3, -0.25) is 9.59 Å². The van der Waals surface area contributed by atoms with E-state index in [1.54, 1.807) is 42.5 Å². The SMILES string of the molecule is COc1ccc(S(=O)(=O)N2CCCCC2)cc1CCC(=O)Nc1ccccc1C(=O)NCCc1ccccc1. The quantitative estimate of drug-likeness (QED) is 0.369. The number of amides is 2. The highest BCUT2D eigenvalue weighted by Gasteiger charge is 2.26. The number of hydrogen-bond donors (Lipinski definition) is 2. The molecule has 0 spiro atoms. The lowest BCUT2D eigenvalue weighted by molar-refractivity contribution is -0.116. The van der Waals surface area contributed by atoms with Crippen LogP contribution >= 0.6 is 0 Å². The van der Waals surface area contributed by atoms with Crippen LogP contribution in [0.3, 0.4) is 0 Å². The number of carbonyl (C=O) groups is 2. The molecule has 0 bridgehead atoms. The Kier molecular flexibility index (Phi) is 9.73. The van der Waals surface area contributed by atoms with Crippen molar-refractivity contribution < 1.29 is 22.7 Å². The molecule has 1 aliphatic heterocycles.